The van der Waals surface area contributed by atoms with Gasteiger partial charge in [0.15, 0.2) is 0 Å². The van der Waals surface area contributed by atoms with Crippen molar-refractivity contribution in [3.63, 3.8) is 0 Å². The van der Waals surface area contributed by atoms with Gasteiger partial charge in [0.1, 0.15) is 6.61 Å². The van der Waals surface area contributed by atoms with Crippen LogP contribution in [-0.2, 0) is 9.53 Å². The molecule has 0 aliphatic carbocycles. The van der Waals surface area contributed by atoms with Gasteiger partial charge in [-0.05, 0) is 22.6 Å². The summed E-state index contributed by atoms with van der Waals surface area (Å²) in [5, 5.41) is 12.2. The number of hydrogen-bond donors (Lipinski definition) is 0. The lowest BCUT2D eigenvalue weighted by Crippen LogP contribution is -2.05. The first-order chi connectivity index (χ1) is 9.31. The Hall–Kier alpha value is -2.15. The van der Waals surface area contributed by atoms with Crippen LogP contribution >= 0.6 is 11.8 Å². The summed E-state index contributed by atoms with van der Waals surface area (Å²) in [7, 11) is 0. The highest BCUT2D eigenvalue weighted by Crippen LogP contribution is 2.17. The Morgan fingerprint density at radius 3 is 2.95 bits per heavy atom. The van der Waals surface area contributed by atoms with E-state index in [9.17, 15) is 4.79 Å². The molecule has 0 unspecified atom stereocenters. The number of benzene rings is 1. The maximum Gasteiger partial charge on any atom is 0.330 e. The van der Waals surface area contributed by atoms with E-state index in [-0.39, 0.29) is 6.61 Å². The number of carbonyl (C=O) groups excluding carboxylic acids is 1. The second-order valence-corrected chi connectivity index (χ2v) is 4.49. The van der Waals surface area contributed by atoms with Crippen LogP contribution < -0.4 is 0 Å². The van der Waals surface area contributed by atoms with Crippen molar-refractivity contribution >= 4 is 17.7 Å². The summed E-state index contributed by atoms with van der Waals surface area (Å²) >= 11 is 1.42. The lowest BCUT2D eigenvalue weighted by atomic mass is 10.3. The first-order valence-electron chi connectivity index (χ1n) is 5.57. The summed E-state index contributed by atoms with van der Waals surface area (Å²) in [5.74, 6) is 0.149. The van der Waals surface area contributed by atoms with E-state index >= 15 is 0 Å². The first-order valence-corrected chi connectivity index (χ1v) is 6.55. The average Bonchev–Trinajstić information content (AvgIpc) is 2.92. The summed E-state index contributed by atoms with van der Waals surface area (Å²) in [6.07, 6.45) is 1.14. The highest BCUT2D eigenvalue weighted by molar-refractivity contribution is 7.99. The SMILES string of the molecule is C=CC(=O)OCCSc1nnnn1-c1ccccc1. The van der Waals surface area contributed by atoms with Crippen LogP contribution in [-0.4, -0.2) is 38.5 Å². The molecule has 0 radical (unpaired) electrons. The van der Waals surface area contributed by atoms with Crippen molar-refractivity contribution in [2.24, 2.45) is 0 Å². The Balaban J connectivity index is 1.93. The van der Waals surface area contributed by atoms with Gasteiger partial charge in [-0.25, -0.2) is 4.79 Å². The van der Waals surface area contributed by atoms with Crippen LogP contribution in [0.25, 0.3) is 5.69 Å². The smallest absolute Gasteiger partial charge is 0.330 e. The number of tetrazole rings is 1. The van der Waals surface area contributed by atoms with Crippen LogP contribution in [0.15, 0.2) is 48.1 Å². The number of ether oxygens (including phenoxy) is 1. The average molecular weight is 276 g/mol. The molecule has 1 heterocycles. The zero-order valence-electron chi connectivity index (χ0n) is 10.1. The largest absolute Gasteiger partial charge is 0.462 e. The molecular weight excluding hydrogens is 264 g/mol. The van der Waals surface area contributed by atoms with Crippen LogP contribution in [0.1, 0.15) is 0 Å². The molecule has 19 heavy (non-hydrogen) atoms. The van der Waals surface area contributed by atoms with E-state index in [0.29, 0.717) is 10.9 Å². The molecule has 2 aromatic rings. The minimum Gasteiger partial charge on any atom is -0.462 e. The summed E-state index contributed by atoms with van der Waals surface area (Å²) in [5.41, 5.74) is 0.887. The van der Waals surface area contributed by atoms with Gasteiger partial charge < -0.3 is 4.74 Å². The number of carbonyl (C=O) groups is 1. The number of rotatable bonds is 6. The third kappa shape index (κ3) is 3.65. The fraction of sp³-hybridized carbons (Fsp3) is 0.167. The van der Waals surface area contributed by atoms with Crippen LogP contribution in [0.5, 0.6) is 0 Å². The molecule has 0 spiro atoms. The van der Waals surface area contributed by atoms with Crippen LogP contribution in [0, 0.1) is 0 Å². The van der Waals surface area contributed by atoms with Gasteiger partial charge in [-0.15, -0.1) is 5.10 Å². The van der Waals surface area contributed by atoms with Crippen molar-refractivity contribution in [1.82, 2.24) is 20.2 Å². The van der Waals surface area contributed by atoms with Crippen LogP contribution in [0.2, 0.25) is 0 Å². The Morgan fingerprint density at radius 2 is 2.21 bits per heavy atom. The first kappa shape index (κ1) is 13.3. The molecule has 0 fully saturated rings. The van der Waals surface area contributed by atoms with E-state index in [1.165, 1.54) is 11.8 Å². The van der Waals surface area contributed by atoms with Gasteiger partial charge in [-0.3, -0.25) is 0 Å². The van der Waals surface area contributed by atoms with Crippen molar-refractivity contribution in [1.29, 1.82) is 0 Å². The van der Waals surface area contributed by atoms with Gasteiger partial charge in [0.2, 0.25) is 5.16 Å². The van der Waals surface area contributed by atoms with Gasteiger partial charge in [-0.1, -0.05) is 36.5 Å². The molecule has 6 nitrogen and oxygen atoms in total. The summed E-state index contributed by atoms with van der Waals surface area (Å²) < 4.78 is 6.52. The Bertz CT molecular complexity index is 556. The maximum atomic E-state index is 10.9. The zero-order chi connectivity index (χ0) is 13.5. The molecule has 0 amide bonds. The molecule has 0 bridgehead atoms. The van der Waals surface area contributed by atoms with Gasteiger partial charge >= 0.3 is 5.97 Å². The van der Waals surface area contributed by atoms with Crippen molar-refractivity contribution in [3.05, 3.63) is 43.0 Å². The Labute approximate surface area is 114 Å². The number of para-hydroxylation sites is 1. The molecule has 0 aliphatic heterocycles. The highest BCUT2D eigenvalue weighted by atomic mass is 32.2. The summed E-state index contributed by atoms with van der Waals surface area (Å²) in [6.45, 7) is 3.61. The number of esters is 1. The molecule has 0 saturated carbocycles. The van der Waals surface area contributed by atoms with Gasteiger partial charge in [-0.2, -0.15) is 4.68 Å². The van der Waals surface area contributed by atoms with Gasteiger partial charge in [0, 0.05) is 11.8 Å². The zero-order valence-corrected chi connectivity index (χ0v) is 10.9. The van der Waals surface area contributed by atoms with E-state index in [1.807, 2.05) is 30.3 Å². The summed E-state index contributed by atoms with van der Waals surface area (Å²) in [4.78, 5) is 10.9. The van der Waals surface area contributed by atoms with Crippen molar-refractivity contribution in [2.75, 3.05) is 12.4 Å². The second-order valence-electron chi connectivity index (χ2n) is 3.43. The fourth-order valence-electron chi connectivity index (χ4n) is 1.33. The molecule has 0 atom stereocenters. The van der Waals surface area contributed by atoms with Crippen LogP contribution in [0.3, 0.4) is 0 Å². The van der Waals surface area contributed by atoms with Gasteiger partial charge in [0.05, 0.1) is 5.69 Å². The second kappa shape index (κ2) is 6.69. The number of hydrogen-bond acceptors (Lipinski definition) is 6. The van der Waals surface area contributed by atoms with E-state index in [0.717, 1.165) is 11.8 Å². The van der Waals surface area contributed by atoms with Crippen LogP contribution in [0.4, 0.5) is 0 Å². The lowest BCUT2D eigenvalue weighted by molar-refractivity contribution is -0.137. The predicted molar refractivity (Wildman–Crippen MR) is 71.0 cm³/mol. The molecule has 0 aliphatic rings. The summed E-state index contributed by atoms with van der Waals surface area (Å²) in [6, 6.07) is 9.58. The van der Waals surface area contributed by atoms with Crippen molar-refractivity contribution in [3.8, 4) is 5.69 Å². The normalized spacial score (nSPS) is 10.1. The van der Waals surface area contributed by atoms with Crippen molar-refractivity contribution < 1.29 is 9.53 Å². The van der Waals surface area contributed by atoms with E-state index in [2.05, 4.69) is 22.1 Å². The predicted octanol–water partition coefficient (Wildman–Crippen LogP) is 1.48. The molecule has 1 aromatic carbocycles. The fourth-order valence-corrected chi connectivity index (χ4v) is 2.04. The standard InChI is InChI=1S/C12H12N4O2S/c1-2-11(17)18-8-9-19-12-13-14-15-16(12)10-6-4-3-5-7-10/h2-7H,1,8-9H2. The highest BCUT2D eigenvalue weighted by Gasteiger charge is 2.08. The van der Waals surface area contributed by atoms with E-state index in [1.54, 1.807) is 4.68 Å². The molecular formula is C12H12N4O2S. The number of nitrogens with zero attached hydrogens (tertiary/aromatic N) is 4. The third-order valence-corrected chi connectivity index (χ3v) is 3.05. The quantitative estimate of drug-likeness (QED) is 0.344. The number of thioether (sulfide) groups is 1. The molecule has 98 valence electrons. The topological polar surface area (TPSA) is 69.9 Å². The molecule has 0 saturated heterocycles. The van der Waals surface area contributed by atoms with E-state index < -0.39 is 5.97 Å². The molecule has 2 rings (SSSR count). The Kier molecular flexibility index (Phi) is 4.68. The maximum absolute atomic E-state index is 10.9. The third-order valence-electron chi connectivity index (χ3n) is 2.17. The molecule has 7 heteroatoms. The molecule has 0 N–H and O–H groups in total. The number of aromatic nitrogens is 4. The monoisotopic (exact) mass is 276 g/mol. The van der Waals surface area contributed by atoms with Crippen molar-refractivity contribution in [2.45, 2.75) is 5.16 Å². The van der Waals surface area contributed by atoms with Gasteiger partial charge in [0.25, 0.3) is 0 Å². The lowest BCUT2D eigenvalue weighted by Gasteiger charge is -2.04. The minimum atomic E-state index is -0.428. The minimum absolute atomic E-state index is 0.289. The Morgan fingerprint density at radius 1 is 1.42 bits per heavy atom. The molecule has 1 aromatic heterocycles. The van der Waals surface area contributed by atoms with E-state index in [4.69, 9.17) is 4.74 Å².